The van der Waals surface area contributed by atoms with Gasteiger partial charge in [-0.3, -0.25) is 4.79 Å². The number of amides is 1. The lowest BCUT2D eigenvalue weighted by atomic mass is 9.86. The first kappa shape index (κ1) is 28.7. The monoisotopic (exact) mass is 561 g/mol. The maximum absolute atomic E-state index is 13.7. The highest BCUT2D eigenvalue weighted by Gasteiger charge is 2.27. The topological polar surface area (TPSA) is 60.1 Å². The molecule has 2 saturated carbocycles. The lowest BCUT2D eigenvalue weighted by molar-refractivity contribution is -0.122. The van der Waals surface area contributed by atoms with Crippen LogP contribution < -0.4 is 11.1 Å². The Morgan fingerprint density at radius 3 is 2.45 bits per heavy atom. The number of carbonyl (C=O) groups excluding carboxylic acids is 1. The molecule has 3 N–H and O–H groups in total. The van der Waals surface area contributed by atoms with E-state index in [-0.39, 0.29) is 23.9 Å². The minimum absolute atomic E-state index is 0.0158. The van der Waals surface area contributed by atoms with Crippen LogP contribution in [0.4, 0.5) is 0 Å². The van der Waals surface area contributed by atoms with E-state index in [9.17, 15) is 4.79 Å². The Labute approximate surface area is 251 Å². The number of nitrogens with zero attached hydrogens (tertiary/aromatic N) is 1. The third kappa shape index (κ3) is 6.49. The van der Waals surface area contributed by atoms with Crippen molar-refractivity contribution in [3.63, 3.8) is 0 Å². The molecule has 2 aliphatic rings. The first-order chi connectivity index (χ1) is 20.4. The summed E-state index contributed by atoms with van der Waals surface area (Å²) in [5.74, 6) is 0.847. The van der Waals surface area contributed by atoms with Gasteiger partial charge in [-0.25, -0.2) is 0 Å². The molecule has 2 fully saturated rings. The van der Waals surface area contributed by atoms with Gasteiger partial charge in [-0.05, 0) is 98.2 Å². The van der Waals surface area contributed by atoms with Crippen LogP contribution in [0.2, 0.25) is 0 Å². The van der Waals surface area contributed by atoms with Crippen molar-refractivity contribution >= 4 is 16.8 Å². The number of nitrogens with two attached hydrogens (primary N) is 1. The van der Waals surface area contributed by atoms with E-state index in [0.717, 1.165) is 38.1 Å². The van der Waals surface area contributed by atoms with E-state index in [1.807, 2.05) is 0 Å². The van der Waals surface area contributed by atoms with Gasteiger partial charge in [0.15, 0.2) is 0 Å². The van der Waals surface area contributed by atoms with E-state index in [4.69, 9.17) is 5.73 Å². The van der Waals surface area contributed by atoms with Crippen molar-refractivity contribution in [1.29, 1.82) is 0 Å². The average Bonchev–Trinajstić information content (AvgIpc) is 3.35. The minimum Gasteiger partial charge on any atom is -0.353 e. The van der Waals surface area contributed by atoms with Crippen molar-refractivity contribution in [3.8, 4) is 11.1 Å². The molecule has 0 bridgehead atoms. The Morgan fingerprint density at radius 2 is 1.69 bits per heavy atom. The zero-order chi connectivity index (χ0) is 29.1. The molecule has 0 saturated heterocycles. The van der Waals surface area contributed by atoms with Crippen LogP contribution in [0.5, 0.6) is 0 Å². The van der Waals surface area contributed by atoms with Gasteiger partial charge in [0.1, 0.15) is 0 Å². The maximum Gasteiger partial charge on any atom is 0.221 e. The van der Waals surface area contributed by atoms with Gasteiger partial charge in [-0.2, -0.15) is 0 Å². The van der Waals surface area contributed by atoms with Crippen molar-refractivity contribution < 1.29 is 4.79 Å². The third-order valence-corrected chi connectivity index (χ3v) is 9.89. The summed E-state index contributed by atoms with van der Waals surface area (Å²) in [5, 5.41) is 4.66. The Kier molecular flexibility index (Phi) is 8.81. The van der Waals surface area contributed by atoms with Gasteiger partial charge in [0.2, 0.25) is 5.91 Å². The summed E-state index contributed by atoms with van der Waals surface area (Å²) in [7, 11) is 0. The van der Waals surface area contributed by atoms with Crippen LogP contribution in [-0.2, 0) is 11.3 Å². The summed E-state index contributed by atoms with van der Waals surface area (Å²) in [6, 6.07) is 24.9. The molecule has 220 valence electrons. The summed E-state index contributed by atoms with van der Waals surface area (Å²) in [6.45, 7) is 5.39. The molecule has 6 rings (SSSR count). The van der Waals surface area contributed by atoms with Crippen LogP contribution in [0.25, 0.3) is 22.0 Å². The molecule has 42 heavy (non-hydrogen) atoms. The van der Waals surface area contributed by atoms with E-state index in [1.54, 1.807) is 0 Å². The second-order valence-electron chi connectivity index (χ2n) is 13.1. The molecule has 1 atom stereocenters. The molecule has 1 aromatic heterocycles. The average molecular weight is 562 g/mol. The van der Waals surface area contributed by atoms with Crippen LogP contribution in [-0.4, -0.2) is 22.6 Å². The van der Waals surface area contributed by atoms with Crippen molar-refractivity contribution in [2.45, 2.75) is 103 Å². The largest absolute Gasteiger partial charge is 0.353 e. The van der Waals surface area contributed by atoms with Gasteiger partial charge in [0, 0.05) is 48.1 Å². The highest BCUT2D eigenvalue weighted by Crippen LogP contribution is 2.39. The fourth-order valence-electron chi connectivity index (χ4n) is 7.50. The van der Waals surface area contributed by atoms with E-state index in [1.165, 1.54) is 76.4 Å². The zero-order valence-electron chi connectivity index (χ0n) is 25.4. The molecule has 4 aromatic rings. The number of benzene rings is 3. The van der Waals surface area contributed by atoms with Crippen molar-refractivity contribution in [1.82, 2.24) is 9.88 Å². The number of hydrogen-bond donors (Lipinski definition) is 2. The van der Waals surface area contributed by atoms with E-state index < -0.39 is 0 Å². The zero-order valence-corrected chi connectivity index (χ0v) is 25.4. The Bertz CT molecular complexity index is 1520. The van der Waals surface area contributed by atoms with Gasteiger partial charge < -0.3 is 15.6 Å². The number of carbonyl (C=O) groups is 1. The third-order valence-electron chi connectivity index (χ3n) is 9.89. The highest BCUT2D eigenvalue weighted by atomic mass is 16.1. The number of fused-ring (bicyclic) bond motifs is 1. The SMILES string of the molecule is Cc1cccc(C(CC(=O)NC2CCC(N)CC2)c2cn(CC3CCCCC3)c3ccc(-c4ccccc4C)cc23)c1. The first-order valence-electron chi connectivity index (χ1n) is 16.2. The van der Waals surface area contributed by atoms with Gasteiger partial charge in [0.05, 0.1) is 0 Å². The molecule has 1 amide bonds. The summed E-state index contributed by atoms with van der Waals surface area (Å²) in [4.78, 5) is 13.7. The van der Waals surface area contributed by atoms with Crippen molar-refractivity contribution in [3.05, 3.63) is 95.2 Å². The van der Waals surface area contributed by atoms with Crippen LogP contribution in [0, 0.1) is 19.8 Å². The molecule has 0 aliphatic heterocycles. The summed E-state index contributed by atoms with van der Waals surface area (Å²) >= 11 is 0. The second kappa shape index (κ2) is 12.9. The number of hydrogen-bond acceptors (Lipinski definition) is 2. The minimum atomic E-state index is -0.0158. The molecule has 1 heterocycles. The normalized spacial score (nSPS) is 20.5. The van der Waals surface area contributed by atoms with Crippen LogP contribution in [0.1, 0.15) is 92.4 Å². The van der Waals surface area contributed by atoms with Gasteiger partial charge in [-0.1, -0.05) is 79.4 Å². The van der Waals surface area contributed by atoms with Gasteiger partial charge in [-0.15, -0.1) is 0 Å². The predicted octanol–water partition coefficient (Wildman–Crippen LogP) is 8.41. The quantitative estimate of drug-likeness (QED) is 0.227. The number of rotatable bonds is 8. The molecular formula is C38H47N3O. The van der Waals surface area contributed by atoms with Gasteiger partial charge >= 0.3 is 0 Å². The molecule has 0 radical (unpaired) electrons. The summed E-state index contributed by atoms with van der Waals surface area (Å²) in [6.07, 6.45) is 13.4. The number of aromatic nitrogens is 1. The molecule has 4 nitrogen and oxygen atoms in total. The highest BCUT2D eigenvalue weighted by molar-refractivity contribution is 5.91. The van der Waals surface area contributed by atoms with E-state index in [0.29, 0.717) is 6.42 Å². The fourth-order valence-corrected chi connectivity index (χ4v) is 7.50. The smallest absolute Gasteiger partial charge is 0.221 e. The van der Waals surface area contributed by atoms with Crippen molar-refractivity contribution in [2.24, 2.45) is 11.7 Å². The Balaban J connectivity index is 1.42. The van der Waals surface area contributed by atoms with Crippen LogP contribution in [0.15, 0.2) is 72.9 Å². The standard InChI is InChI=1S/C38H47N3O/c1-26-9-8-13-29(21-26)34(23-38(42)40-32-18-16-31(39)17-19-32)36-25-41(24-28-11-4-3-5-12-28)37-20-15-30(22-35(36)37)33-14-7-6-10-27(33)2/h6-10,13-15,20-22,25,28,31-32,34H,3-5,11-12,16-19,23-24,39H2,1-2H3,(H,40,42). The van der Waals surface area contributed by atoms with E-state index in [2.05, 4.69) is 96.7 Å². The molecule has 1 unspecified atom stereocenters. The molecule has 4 heteroatoms. The van der Waals surface area contributed by atoms with Crippen LogP contribution in [0.3, 0.4) is 0 Å². The summed E-state index contributed by atoms with van der Waals surface area (Å²) < 4.78 is 2.51. The predicted molar refractivity (Wildman–Crippen MR) is 175 cm³/mol. The molecule has 2 aliphatic carbocycles. The Morgan fingerprint density at radius 1 is 0.905 bits per heavy atom. The lowest BCUT2D eigenvalue weighted by Gasteiger charge is -2.27. The lowest BCUT2D eigenvalue weighted by Crippen LogP contribution is -2.40. The second-order valence-corrected chi connectivity index (χ2v) is 13.1. The Hall–Kier alpha value is -3.37. The number of nitrogens with one attached hydrogen (secondary N) is 1. The fraction of sp³-hybridized carbons (Fsp3) is 0.447. The molecular weight excluding hydrogens is 514 g/mol. The van der Waals surface area contributed by atoms with E-state index >= 15 is 0 Å². The number of aryl methyl sites for hydroxylation is 2. The first-order valence-corrected chi connectivity index (χ1v) is 16.2. The van der Waals surface area contributed by atoms with Crippen molar-refractivity contribution in [2.75, 3.05) is 0 Å². The molecule has 0 spiro atoms. The maximum atomic E-state index is 13.7. The van der Waals surface area contributed by atoms with Crippen LogP contribution >= 0.6 is 0 Å². The molecule has 3 aromatic carbocycles. The summed E-state index contributed by atoms with van der Waals surface area (Å²) in [5.41, 5.74) is 14.9. The van der Waals surface area contributed by atoms with Gasteiger partial charge in [0.25, 0.3) is 0 Å².